The topological polar surface area (TPSA) is 45.1 Å². The van der Waals surface area contributed by atoms with Gasteiger partial charge in [-0.1, -0.05) is 11.6 Å². The summed E-state index contributed by atoms with van der Waals surface area (Å²) in [5.41, 5.74) is -1.49. The summed E-state index contributed by atoms with van der Waals surface area (Å²) in [6, 6.07) is 0.835. The van der Waals surface area contributed by atoms with Crippen LogP contribution in [0.4, 0.5) is 19.0 Å². The van der Waals surface area contributed by atoms with Crippen molar-refractivity contribution in [2.75, 3.05) is 11.9 Å². The highest BCUT2D eigenvalue weighted by Crippen LogP contribution is 2.42. The van der Waals surface area contributed by atoms with Crippen LogP contribution in [0, 0.1) is 5.92 Å². The van der Waals surface area contributed by atoms with Crippen molar-refractivity contribution in [1.29, 1.82) is 0 Å². The van der Waals surface area contributed by atoms with E-state index in [0.29, 0.717) is 0 Å². The molecule has 19 heavy (non-hydrogen) atoms. The smallest absolute Gasteiger partial charge is 0.394 e. The number of nitrogens with one attached hydrogen (secondary N) is 1. The molecular formula is C12H14ClF3N2O. The van der Waals surface area contributed by atoms with Crippen molar-refractivity contribution in [2.45, 2.75) is 31.5 Å². The Morgan fingerprint density at radius 3 is 2.53 bits per heavy atom. The molecular weight excluding hydrogens is 281 g/mol. The van der Waals surface area contributed by atoms with Gasteiger partial charge in [-0.05, 0) is 31.7 Å². The Hall–Kier alpha value is -1.01. The van der Waals surface area contributed by atoms with E-state index in [1.807, 2.05) is 0 Å². The second kappa shape index (κ2) is 4.83. The van der Waals surface area contributed by atoms with Crippen LogP contribution in [-0.4, -0.2) is 22.2 Å². The summed E-state index contributed by atoms with van der Waals surface area (Å²) in [5.74, 6) is 0.454. The van der Waals surface area contributed by atoms with Gasteiger partial charge in [-0.25, -0.2) is 4.98 Å². The quantitative estimate of drug-likeness (QED) is 0.895. The maximum absolute atomic E-state index is 12.5. The first-order valence-electron chi connectivity index (χ1n) is 5.88. The molecule has 1 atom stereocenters. The van der Waals surface area contributed by atoms with Crippen molar-refractivity contribution < 1.29 is 18.3 Å². The molecule has 0 spiro atoms. The molecule has 1 aromatic heterocycles. The number of hydrogen-bond acceptors (Lipinski definition) is 3. The molecule has 2 N–H and O–H groups in total. The molecule has 1 aromatic rings. The summed E-state index contributed by atoms with van der Waals surface area (Å²) in [6.45, 7) is 1.68. The van der Waals surface area contributed by atoms with Gasteiger partial charge in [-0.3, -0.25) is 0 Å². The Morgan fingerprint density at radius 2 is 2.11 bits per heavy atom. The van der Waals surface area contributed by atoms with E-state index in [1.54, 1.807) is 6.92 Å². The summed E-state index contributed by atoms with van der Waals surface area (Å²) < 4.78 is 37.4. The number of aromatic nitrogens is 1. The predicted molar refractivity (Wildman–Crippen MR) is 66.1 cm³/mol. The van der Waals surface area contributed by atoms with Crippen LogP contribution in [0.3, 0.4) is 0 Å². The lowest BCUT2D eigenvalue weighted by molar-refractivity contribution is -0.137. The summed E-state index contributed by atoms with van der Waals surface area (Å²) in [5, 5.41) is 12.3. The zero-order chi connectivity index (χ0) is 14.3. The third-order valence-corrected chi connectivity index (χ3v) is 3.67. The first-order chi connectivity index (χ1) is 8.76. The number of alkyl halides is 3. The van der Waals surface area contributed by atoms with E-state index in [2.05, 4.69) is 10.3 Å². The van der Waals surface area contributed by atoms with Crippen molar-refractivity contribution in [3.8, 4) is 0 Å². The average molecular weight is 295 g/mol. The number of halogens is 4. The molecule has 1 unspecified atom stereocenters. The van der Waals surface area contributed by atoms with Gasteiger partial charge in [0.05, 0.1) is 22.7 Å². The van der Waals surface area contributed by atoms with Crippen LogP contribution >= 0.6 is 11.6 Å². The van der Waals surface area contributed by atoms with E-state index in [-0.39, 0.29) is 23.4 Å². The Labute approximate surface area is 113 Å². The molecule has 2 rings (SSSR count). The van der Waals surface area contributed by atoms with E-state index in [0.717, 1.165) is 25.1 Å². The standard InChI is InChI=1S/C12H14ClF3N2O/c1-11(6-19,7-2-3-7)18-10-9(13)4-8(5-17-10)12(14,15)16/h4-5,7,19H,2-3,6H2,1H3,(H,17,18). The fraction of sp³-hybridized carbons (Fsp3) is 0.583. The fourth-order valence-corrected chi connectivity index (χ4v) is 2.16. The Bertz CT molecular complexity index is 477. The number of aliphatic hydroxyl groups is 1. The van der Waals surface area contributed by atoms with Crippen LogP contribution in [-0.2, 0) is 6.18 Å². The van der Waals surface area contributed by atoms with Crippen LogP contribution in [0.1, 0.15) is 25.3 Å². The van der Waals surface area contributed by atoms with E-state index < -0.39 is 17.3 Å². The van der Waals surface area contributed by atoms with E-state index in [9.17, 15) is 18.3 Å². The van der Waals surface area contributed by atoms with Gasteiger partial charge >= 0.3 is 6.18 Å². The number of anilines is 1. The lowest BCUT2D eigenvalue weighted by Gasteiger charge is -2.29. The van der Waals surface area contributed by atoms with Gasteiger partial charge in [0.1, 0.15) is 5.82 Å². The molecule has 0 aromatic carbocycles. The number of pyridine rings is 1. The second-order valence-corrected chi connectivity index (χ2v) is 5.43. The Morgan fingerprint density at radius 1 is 1.47 bits per heavy atom. The molecule has 1 saturated carbocycles. The van der Waals surface area contributed by atoms with Crippen LogP contribution in [0.15, 0.2) is 12.3 Å². The summed E-state index contributed by atoms with van der Waals surface area (Å²) in [6.07, 6.45) is -1.78. The highest BCUT2D eigenvalue weighted by atomic mass is 35.5. The number of nitrogens with zero attached hydrogens (tertiary/aromatic N) is 1. The number of rotatable bonds is 4. The molecule has 106 valence electrons. The van der Waals surface area contributed by atoms with Gasteiger partial charge in [0.15, 0.2) is 0 Å². The third-order valence-electron chi connectivity index (χ3n) is 3.38. The molecule has 0 radical (unpaired) electrons. The molecule has 0 saturated heterocycles. The van der Waals surface area contributed by atoms with Crippen LogP contribution in [0.5, 0.6) is 0 Å². The Kier molecular flexibility index (Phi) is 3.66. The van der Waals surface area contributed by atoms with E-state index in [4.69, 9.17) is 11.6 Å². The van der Waals surface area contributed by atoms with Gasteiger partial charge < -0.3 is 10.4 Å². The van der Waals surface area contributed by atoms with Crippen LogP contribution in [0.2, 0.25) is 5.02 Å². The zero-order valence-corrected chi connectivity index (χ0v) is 11.0. The van der Waals surface area contributed by atoms with Gasteiger partial charge in [0.25, 0.3) is 0 Å². The highest BCUT2D eigenvalue weighted by Gasteiger charge is 2.42. The number of aliphatic hydroxyl groups excluding tert-OH is 1. The lowest BCUT2D eigenvalue weighted by Crippen LogP contribution is -2.41. The van der Waals surface area contributed by atoms with Crippen molar-refractivity contribution in [3.05, 3.63) is 22.8 Å². The zero-order valence-electron chi connectivity index (χ0n) is 10.3. The lowest BCUT2D eigenvalue weighted by atomic mass is 9.97. The summed E-state index contributed by atoms with van der Waals surface area (Å²) >= 11 is 5.82. The van der Waals surface area contributed by atoms with Crippen molar-refractivity contribution in [1.82, 2.24) is 4.98 Å². The fourth-order valence-electron chi connectivity index (χ4n) is 1.95. The molecule has 1 fully saturated rings. The minimum atomic E-state index is -4.47. The minimum absolute atomic E-state index is 0.102. The molecule has 0 aliphatic heterocycles. The van der Waals surface area contributed by atoms with Crippen LogP contribution in [0.25, 0.3) is 0 Å². The van der Waals surface area contributed by atoms with Gasteiger partial charge in [-0.15, -0.1) is 0 Å². The highest BCUT2D eigenvalue weighted by molar-refractivity contribution is 6.33. The maximum atomic E-state index is 12.5. The molecule has 0 amide bonds. The maximum Gasteiger partial charge on any atom is 0.417 e. The molecule has 1 aliphatic carbocycles. The summed E-state index contributed by atoms with van der Waals surface area (Å²) in [7, 11) is 0. The molecule has 0 bridgehead atoms. The molecule has 1 heterocycles. The average Bonchev–Trinajstić information content (AvgIpc) is 3.14. The Balaban J connectivity index is 2.22. The minimum Gasteiger partial charge on any atom is -0.394 e. The predicted octanol–water partition coefficient (Wildman–Crippen LogP) is 3.33. The normalized spacial score (nSPS) is 19.1. The summed E-state index contributed by atoms with van der Waals surface area (Å²) in [4.78, 5) is 3.71. The van der Waals surface area contributed by atoms with Gasteiger partial charge in [0, 0.05) is 6.20 Å². The first-order valence-corrected chi connectivity index (χ1v) is 6.26. The largest absolute Gasteiger partial charge is 0.417 e. The molecule has 1 aliphatic rings. The van der Waals surface area contributed by atoms with E-state index in [1.165, 1.54) is 0 Å². The van der Waals surface area contributed by atoms with E-state index >= 15 is 0 Å². The molecule has 7 heteroatoms. The van der Waals surface area contributed by atoms with Crippen molar-refractivity contribution in [3.63, 3.8) is 0 Å². The van der Waals surface area contributed by atoms with Crippen LogP contribution < -0.4 is 5.32 Å². The van der Waals surface area contributed by atoms with Gasteiger partial charge in [-0.2, -0.15) is 13.2 Å². The third kappa shape index (κ3) is 3.12. The number of hydrogen-bond donors (Lipinski definition) is 2. The SMILES string of the molecule is CC(CO)(Nc1ncc(C(F)(F)F)cc1Cl)C1CC1. The van der Waals surface area contributed by atoms with Gasteiger partial charge in [0.2, 0.25) is 0 Å². The first kappa shape index (κ1) is 14.4. The second-order valence-electron chi connectivity index (χ2n) is 5.03. The van der Waals surface area contributed by atoms with Crippen molar-refractivity contribution >= 4 is 17.4 Å². The molecule has 3 nitrogen and oxygen atoms in total. The van der Waals surface area contributed by atoms with Crippen molar-refractivity contribution in [2.24, 2.45) is 5.92 Å². The monoisotopic (exact) mass is 294 g/mol.